The Hall–Kier alpha value is -1.20. The van der Waals surface area contributed by atoms with Gasteiger partial charge in [0.1, 0.15) is 5.82 Å². The number of nitrogen functional groups attached to an aromatic ring is 1. The number of nitrogens with zero attached hydrogens (tertiary/aromatic N) is 4. The van der Waals surface area contributed by atoms with Gasteiger partial charge in [-0.3, -0.25) is 9.88 Å². The Bertz CT molecular complexity index is 350. The van der Waals surface area contributed by atoms with Crippen LogP contribution in [0.5, 0.6) is 0 Å². The molecule has 1 aliphatic rings. The van der Waals surface area contributed by atoms with Gasteiger partial charge in [-0.15, -0.1) is 0 Å². The lowest BCUT2D eigenvalue weighted by Gasteiger charge is -2.38. The molecule has 1 fully saturated rings. The van der Waals surface area contributed by atoms with Gasteiger partial charge in [0, 0.05) is 32.2 Å². The third-order valence-corrected chi connectivity index (χ3v) is 3.44. The molecule has 0 saturated carbocycles. The monoisotopic (exact) mass is 235 g/mol. The zero-order valence-electron chi connectivity index (χ0n) is 10.6. The predicted octanol–water partition coefficient (Wildman–Crippen LogP) is 0.585. The van der Waals surface area contributed by atoms with Crippen LogP contribution in [-0.2, 0) is 6.54 Å². The van der Waals surface area contributed by atoms with Gasteiger partial charge < -0.3 is 10.6 Å². The van der Waals surface area contributed by atoms with Crippen LogP contribution in [0.1, 0.15) is 19.0 Å². The van der Waals surface area contributed by atoms with Gasteiger partial charge in [0.2, 0.25) is 0 Å². The lowest BCUT2D eigenvalue weighted by atomic mass is 10.1. The molecule has 0 aliphatic carbocycles. The molecule has 5 heteroatoms. The molecule has 1 aromatic heterocycles. The Labute approximate surface area is 103 Å². The van der Waals surface area contributed by atoms with E-state index in [-0.39, 0.29) is 0 Å². The van der Waals surface area contributed by atoms with Crippen LogP contribution in [0.25, 0.3) is 0 Å². The fraction of sp³-hybridized carbons (Fsp3) is 0.667. The van der Waals surface area contributed by atoms with Crippen molar-refractivity contribution in [1.82, 2.24) is 19.8 Å². The lowest BCUT2D eigenvalue weighted by molar-refractivity contribution is 0.0874. The second-order valence-electron chi connectivity index (χ2n) is 4.71. The SMILES string of the molecule is CCC1CN(Cc2cnc(N)cn2)CCN1C. The van der Waals surface area contributed by atoms with Gasteiger partial charge in [-0.25, -0.2) is 4.98 Å². The first-order chi connectivity index (χ1) is 8.19. The summed E-state index contributed by atoms with van der Waals surface area (Å²) in [5.74, 6) is 0.485. The van der Waals surface area contributed by atoms with Crippen molar-refractivity contribution >= 4 is 5.82 Å². The Balaban J connectivity index is 1.93. The maximum absolute atomic E-state index is 5.53. The van der Waals surface area contributed by atoms with Gasteiger partial charge in [-0.05, 0) is 13.5 Å². The first kappa shape index (κ1) is 12.3. The second-order valence-corrected chi connectivity index (χ2v) is 4.71. The van der Waals surface area contributed by atoms with E-state index in [0.717, 1.165) is 31.9 Å². The van der Waals surface area contributed by atoms with E-state index in [9.17, 15) is 0 Å². The summed E-state index contributed by atoms with van der Waals surface area (Å²) in [5.41, 5.74) is 6.53. The third-order valence-electron chi connectivity index (χ3n) is 3.44. The molecular formula is C12H21N5. The average Bonchev–Trinajstić information content (AvgIpc) is 2.34. The molecule has 0 radical (unpaired) electrons. The topological polar surface area (TPSA) is 58.3 Å². The fourth-order valence-electron chi connectivity index (χ4n) is 2.27. The summed E-state index contributed by atoms with van der Waals surface area (Å²) < 4.78 is 0. The van der Waals surface area contributed by atoms with Crippen molar-refractivity contribution in [2.24, 2.45) is 0 Å². The Kier molecular flexibility index (Phi) is 3.91. The summed E-state index contributed by atoms with van der Waals surface area (Å²) in [6, 6.07) is 0.658. The van der Waals surface area contributed by atoms with Crippen molar-refractivity contribution in [2.45, 2.75) is 25.9 Å². The van der Waals surface area contributed by atoms with Crippen LogP contribution in [0, 0.1) is 0 Å². The highest BCUT2D eigenvalue weighted by Gasteiger charge is 2.22. The van der Waals surface area contributed by atoms with Gasteiger partial charge in [0.15, 0.2) is 0 Å². The second kappa shape index (κ2) is 5.42. The molecule has 17 heavy (non-hydrogen) atoms. The smallest absolute Gasteiger partial charge is 0.141 e. The standard InChI is InChI=1S/C12H21N5/c1-3-11-9-17(5-4-16(11)2)8-10-6-15-12(13)7-14-10/h6-7,11H,3-5,8-9H2,1-2H3,(H2,13,15). The van der Waals surface area contributed by atoms with Crippen LogP contribution in [0.3, 0.4) is 0 Å². The number of likely N-dealkylation sites (N-methyl/N-ethyl adjacent to an activating group) is 1. The van der Waals surface area contributed by atoms with Gasteiger partial charge in [0.25, 0.3) is 0 Å². The van der Waals surface area contributed by atoms with E-state index in [1.54, 1.807) is 12.4 Å². The van der Waals surface area contributed by atoms with E-state index in [1.807, 2.05) is 0 Å². The van der Waals surface area contributed by atoms with Gasteiger partial charge >= 0.3 is 0 Å². The molecule has 1 saturated heterocycles. The van der Waals surface area contributed by atoms with Crippen LogP contribution in [-0.4, -0.2) is 52.5 Å². The average molecular weight is 235 g/mol. The zero-order chi connectivity index (χ0) is 12.3. The highest BCUT2D eigenvalue weighted by molar-refractivity contribution is 5.22. The molecule has 0 aromatic carbocycles. The summed E-state index contributed by atoms with van der Waals surface area (Å²) in [7, 11) is 2.20. The van der Waals surface area contributed by atoms with Crippen LogP contribution < -0.4 is 5.73 Å². The molecule has 1 aromatic rings. The van der Waals surface area contributed by atoms with Crippen LogP contribution in [0.15, 0.2) is 12.4 Å². The molecule has 2 N–H and O–H groups in total. The van der Waals surface area contributed by atoms with Crippen LogP contribution >= 0.6 is 0 Å². The largest absolute Gasteiger partial charge is 0.382 e. The quantitative estimate of drug-likeness (QED) is 0.830. The Morgan fingerprint density at radius 2 is 2.18 bits per heavy atom. The number of hydrogen-bond donors (Lipinski definition) is 1. The van der Waals surface area contributed by atoms with Crippen molar-refractivity contribution in [1.29, 1.82) is 0 Å². The first-order valence-electron chi connectivity index (χ1n) is 6.18. The first-order valence-corrected chi connectivity index (χ1v) is 6.18. The summed E-state index contributed by atoms with van der Waals surface area (Å²) >= 11 is 0. The van der Waals surface area contributed by atoms with Crippen molar-refractivity contribution in [3.63, 3.8) is 0 Å². The summed E-state index contributed by atoms with van der Waals surface area (Å²) in [5, 5.41) is 0. The van der Waals surface area contributed by atoms with Crippen molar-refractivity contribution in [3.8, 4) is 0 Å². The summed E-state index contributed by atoms with van der Waals surface area (Å²) in [6.07, 6.45) is 4.59. The van der Waals surface area contributed by atoms with Crippen molar-refractivity contribution < 1.29 is 0 Å². The highest BCUT2D eigenvalue weighted by atomic mass is 15.3. The Morgan fingerprint density at radius 3 is 2.82 bits per heavy atom. The molecule has 2 rings (SSSR count). The van der Waals surface area contributed by atoms with Crippen molar-refractivity contribution in [2.75, 3.05) is 32.4 Å². The molecule has 0 spiro atoms. The van der Waals surface area contributed by atoms with Crippen LogP contribution in [0.4, 0.5) is 5.82 Å². The highest BCUT2D eigenvalue weighted by Crippen LogP contribution is 2.12. The van der Waals surface area contributed by atoms with Crippen LogP contribution in [0.2, 0.25) is 0 Å². The predicted molar refractivity (Wildman–Crippen MR) is 68.4 cm³/mol. The van der Waals surface area contributed by atoms with E-state index >= 15 is 0 Å². The van der Waals surface area contributed by atoms with Crippen molar-refractivity contribution in [3.05, 3.63) is 18.1 Å². The molecule has 94 valence electrons. The number of piperazine rings is 1. The molecule has 0 amide bonds. The third kappa shape index (κ3) is 3.14. The minimum Gasteiger partial charge on any atom is -0.382 e. The van der Waals surface area contributed by atoms with E-state index < -0.39 is 0 Å². The number of anilines is 1. The summed E-state index contributed by atoms with van der Waals surface area (Å²) in [6.45, 7) is 6.45. The molecule has 1 atom stereocenters. The molecule has 5 nitrogen and oxygen atoms in total. The summed E-state index contributed by atoms with van der Waals surface area (Å²) in [4.78, 5) is 13.3. The molecular weight excluding hydrogens is 214 g/mol. The van der Waals surface area contributed by atoms with E-state index in [4.69, 9.17) is 5.73 Å². The Morgan fingerprint density at radius 1 is 1.35 bits per heavy atom. The van der Waals surface area contributed by atoms with E-state index in [2.05, 4.69) is 33.7 Å². The minimum absolute atomic E-state index is 0.485. The number of aromatic nitrogens is 2. The minimum atomic E-state index is 0.485. The molecule has 2 heterocycles. The molecule has 0 bridgehead atoms. The normalized spacial score (nSPS) is 22.8. The van der Waals surface area contributed by atoms with Gasteiger partial charge in [-0.1, -0.05) is 6.92 Å². The molecule has 1 aliphatic heterocycles. The van der Waals surface area contributed by atoms with Gasteiger partial charge in [-0.2, -0.15) is 0 Å². The fourth-order valence-corrected chi connectivity index (χ4v) is 2.27. The number of hydrogen-bond acceptors (Lipinski definition) is 5. The lowest BCUT2D eigenvalue weighted by Crippen LogP contribution is -2.50. The maximum Gasteiger partial charge on any atom is 0.141 e. The zero-order valence-corrected chi connectivity index (χ0v) is 10.6. The van der Waals surface area contributed by atoms with Gasteiger partial charge in [0.05, 0.1) is 18.1 Å². The maximum atomic E-state index is 5.53. The van der Waals surface area contributed by atoms with E-state index in [0.29, 0.717) is 11.9 Å². The number of rotatable bonds is 3. The molecule has 1 unspecified atom stereocenters. The number of nitrogens with two attached hydrogens (primary N) is 1. The van der Waals surface area contributed by atoms with E-state index in [1.165, 1.54) is 6.42 Å².